The lowest BCUT2D eigenvalue weighted by atomic mass is 10.1. The normalized spacial score (nSPS) is 18.7. The van der Waals surface area contributed by atoms with Crippen molar-refractivity contribution in [3.05, 3.63) is 35.4 Å². The predicted octanol–water partition coefficient (Wildman–Crippen LogP) is 2.35. The molecule has 1 aliphatic rings. The maximum Gasteiger partial charge on any atom is 0.254 e. The number of benzene rings is 1. The molecule has 0 aliphatic carbocycles. The Morgan fingerprint density at radius 1 is 1.32 bits per heavy atom. The Balaban J connectivity index is 2.00. The van der Waals surface area contributed by atoms with E-state index < -0.39 is 0 Å². The van der Waals surface area contributed by atoms with Crippen LogP contribution >= 0.6 is 0 Å². The van der Waals surface area contributed by atoms with Crippen LogP contribution in [0.2, 0.25) is 0 Å². The van der Waals surface area contributed by atoms with E-state index in [0.29, 0.717) is 0 Å². The number of carbonyl (C=O) groups excluding carboxylic acids is 1. The van der Waals surface area contributed by atoms with E-state index in [0.717, 1.165) is 44.8 Å². The van der Waals surface area contributed by atoms with Gasteiger partial charge in [0.2, 0.25) is 0 Å². The number of nitrogens with zero attached hydrogens (tertiary/aromatic N) is 2. The lowest BCUT2D eigenvalue weighted by Crippen LogP contribution is -2.52. The monoisotopic (exact) mass is 303 g/mol. The molecule has 1 amide bonds. The largest absolute Gasteiger partial charge is 0.333 e. The Kier molecular flexibility index (Phi) is 6.40. The number of hydrogen-bond donors (Lipinski definition) is 1. The molecule has 0 radical (unpaired) electrons. The van der Waals surface area contributed by atoms with E-state index in [-0.39, 0.29) is 11.9 Å². The van der Waals surface area contributed by atoms with Crippen molar-refractivity contribution < 1.29 is 4.79 Å². The Hall–Kier alpha value is -1.39. The van der Waals surface area contributed by atoms with Crippen LogP contribution in [-0.2, 0) is 6.54 Å². The van der Waals surface area contributed by atoms with Crippen molar-refractivity contribution in [2.45, 2.75) is 39.8 Å². The van der Waals surface area contributed by atoms with Crippen LogP contribution < -0.4 is 5.32 Å². The molecule has 1 fully saturated rings. The summed E-state index contributed by atoms with van der Waals surface area (Å²) < 4.78 is 0. The van der Waals surface area contributed by atoms with E-state index in [9.17, 15) is 4.79 Å². The molecule has 1 N–H and O–H groups in total. The van der Waals surface area contributed by atoms with Gasteiger partial charge in [-0.15, -0.1) is 0 Å². The molecule has 1 atom stereocenters. The van der Waals surface area contributed by atoms with Gasteiger partial charge in [0.25, 0.3) is 5.91 Å². The highest BCUT2D eigenvalue weighted by Crippen LogP contribution is 2.13. The molecule has 4 nitrogen and oxygen atoms in total. The first-order chi connectivity index (χ1) is 10.7. The number of nitrogens with one attached hydrogen (secondary N) is 1. The average molecular weight is 303 g/mol. The molecule has 2 rings (SSSR count). The van der Waals surface area contributed by atoms with Crippen LogP contribution in [0.15, 0.2) is 24.3 Å². The standard InChI is InChI=1S/C18H29N3O/c1-4-11-20(5-2)14-16-6-8-17(9-7-16)18(22)21-12-10-19-13-15(21)3/h6-9,15,19H,4-5,10-14H2,1-3H3/t15-/m1/s1. The summed E-state index contributed by atoms with van der Waals surface area (Å²) in [6.07, 6.45) is 1.17. The van der Waals surface area contributed by atoms with Crippen molar-refractivity contribution in [3.8, 4) is 0 Å². The molecule has 0 unspecified atom stereocenters. The average Bonchev–Trinajstić information content (AvgIpc) is 2.55. The Morgan fingerprint density at radius 2 is 2.05 bits per heavy atom. The van der Waals surface area contributed by atoms with Crippen molar-refractivity contribution >= 4 is 5.91 Å². The maximum absolute atomic E-state index is 12.6. The van der Waals surface area contributed by atoms with Crippen LogP contribution in [0.3, 0.4) is 0 Å². The molecule has 0 spiro atoms. The molecule has 1 saturated heterocycles. The lowest BCUT2D eigenvalue weighted by Gasteiger charge is -2.34. The molecule has 1 aromatic carbocycles. The molecule has 22 heavy (non-hydrogen) atoms. The van der Waals surface area contributed by atoms with E-state index in [4.69, 9.17) is 0 Å². The second-order valence-electron chi connectivity index (χ2n) is 6.12. The Bertz CT molecular complexity index is 472. The number of carbonyl (C=O) groups is 1. The van der Waals surface area contributed by atoms with Crippen molar-refractivity contribution in [1.82, 2.24) is 15.1 Å². The first-order valence-corrected chi connectivity index (χ1v) is 8.48. The number of hydrogen-bond acceptors (Lipinski definition) is 3. The topological polar surface area (TPSA) is 35.6 Å². The fraction of sp³-hybridized carbons (Fsp3) is 0.611. The van der Waals surface area contributed by atoms with E-state index >= 15 is 0 Å². The van der Waals surface area contributed by atoms with Gasteiger partial charge in [0.15, 0.2) is 0 Å². The molecular weight excluding hydrogens is 274 g/mol. The van der Waals surface area contributed by atoms with Gasteiger partial charge in [-0.2, -0.15) is 0 Å². The van der Waals surface area contributed by atoms with Gasteiger partial charge < -0.3 is 10.2 Å². The third kappa shape index (κ3) is 4.31. The van der Waals surface area contributed by atoms with Crippen LogP contribution in [0.5, 0.6) is 0 Å². The van der Waals surface area contributed by atoms with Gasteiger partial charge in [-0.1, -0.05) is 26.0 Å². The van der Waals surface area contributed by atoms with Crippen LogP contribution in [0.1, 0.15) is 43.1 Å². The third-order valence-corrected chi connectivity index (χ3v) is 4.36. The zero-order valence-corrected chi connectivity index (χ0v) is 14.1. The van der Waals surface area contributed by atoms with Gasteiger partial charge >= 0.3 is 0 Å². The van der Waals surface area contributed by atoms with Gasteiger partial charge in [-0.25, -0.2) is 0 Å². The van der Waals surface area contributed by atoms with Crippen LogP contribution in [0.4, 0.5) is 0 Å². The first kappa shape index (κ1) is 17.0. The molecule has 1 heterocycles. The summed E-state index contributed by atoms with van der Waals surface area (Å²) >= 11 is 0. The van der Waals surface area contributed by atoms with E-state index in [1.807, 2.05) is 17.0 Å². The second kappa shape index (κ2) is 8.30. The van der Waals surface area contributed by atoms with E-state index in [2.05, 4.69) is 43.1 Å². The molecule has 0 bridgehead atoms. The summed E-state index contributed by atoms with van der Waals surface area (Å²) in [7, 11) is 0. The van der Waals surface area contributed by atoms with Crippen molar-refractivity contribution in [1.29, 1.82) is 0 Å². The minimum atomic E-state index is 0.154. The van der Waals surface area contributed by atoms with Crippen LogP contribution in [-0.4, -0.2) is 54.5 Å². The summed E-state index contributed by atoms with van der Waals surface area (Å²) in [6, 6.07) is 8.41. The van der Waals surface area contributed by atoms with Crippen molar-refractivity contribution in [2.75, 3.05) is 32.7 Å². The van der Waals surface area contributed by atoms with Gasteiger partial charge in [-0.05, 0) is 44.1 Å². The smallest absolute Gasteiger partial charge is 0.254 e. The summed E-state index contributed by atoms with van der Waals surface area (Å²) in [6.45, 7) is 12.2. The van der Waals surface area contributed by atoms with Crippen molar-refractivity contribution in [3.63, 3.8) is 0 Å². The highest BCUT2D eigenvalue weighted by atomic mass is 16.2. The number of piperazine rings is 1. The minimum Gasteiger partial charge on any atom is -0.333 e. The molecule has 1 aromatic rings. The molecule has 1 aliphatic heterocycles. The summed E-state index contributed by atoms with van der Waals surface area (Å²) in [5, 5.41) is 3.32. The molecule has 122 valence electrons. The SMILES string of the molecule is CCCN(CC)Cc1ccc(C(=O)N2CCNC[C@H]2C)cc1. The molecule has 0 aromatic heterocycles. The molecule has 4 heteroatoms. The van der Waals surface area contributed by atoms with E-state index in [1.54, 1.807) is 0 Å². The maximum atomic E-state index is 12.6. The third-order valence-electron chi connectivity index (χ3n) is 4.36. The molecule has 0 saturated carbocycles. The summed E-state index contributed by atoms with van der Waals surface area (Å²) in [5.74, 6) is 0.154. The fourth-order valence-corrected chi connectivity index (χ4v) is 2.98. The molecular formula is C18H29N3O. The highest BCUT2D eigenvalue weighted by molar-refractivity contribution is 5.94. The Morgan fingerprint density at radius 3 is 2.64 bits per heavy atom. The summed E-state index contributed by atoms with van der Waals surface area (Å²) in [4.78, 5) is 17.0. The second-order valence-corrected chi connectivity index (χ2v) is 6.12. The number of amides is 1. The zero-order chi connectivity index (χ0) is 15.9. The quantitative estimate of drug-likeness (QED) is 0.876. The minimum absolute atomic E-state index is 0.154. The zero-order valence-electron chi connectivity index (χ0n) is 14.1. The fourth-order valence-electron chi connectivity index (χ4n) is 2.98. The number of rotatable bonds is 6. The van der Waals surface area contributed by atoms with Gasteiger partial charge in [-0.3, -0.25) is 9.69 Å². The lowest BCUT2D eigenvalue weighted by molar-refractivity contribution is 0.0655. The predicted molar refractivity (Wildman–Crippen MR) is 91.1 cm³/mol. The van der Waals surface area contributed by atoms with Gasteiger partial charge in [0, 0.05) is 37.8 Å². The van der Waals surface area contributed by atoms with Crippen LogP contribution in [0.25, 0.3) is 0 Å². The van der Waals surface area contributed by atoms with Gasteiger partial charge in [0.1, 0.15) is 0 Å². The van der Waals surface area contributed by atoms with E-state index in [1.165, 1.54) is 12.0 Å². The Labute approximate surface area is 134 Å². The highest BCUT2D eigenvalue weighted by Gasteiger charge is 2.23. The van der Waals surface area contributed by atoms with Crippen molar-refractivity contribution in [2.24, 2.45) is 0 Å². The first-order valence-electron chi connectivity index (χ1n) is 8.48. The summed E-state index contributed by atoms with van der Waals surface area (Å²) in [5.41, 5.74) is 2.08. The van der Waals surface area contributed by atoms with Crippen LogP contribution in [0, 0.1) is 0 Å². The van der Waals surface area contributed by atoms with Gasteiger partial charge in [0.05, 0.1) is 0 Å².